The number of carbonyl (C=O) groups excluding carboxylic acids is 1. The summed E-state index contributed by atoms with van der Waals surface area (Å²) in [5.74, 6) is -0.221. The lowest BCUT2D eigenvalue weighted by molar-refractivity contribution is 0.0972. The Balaban J connectivity index is 1.98. The molecule has 0 saturated heterocycles. The van der Waals surface area contributed by atoms with E-state index in [0.717, 1.165) is 5.56 Å². The third kappa shape index (κ3) is 3.89. The van der Waals surface area contributed by atoms with Crippen molar-refractivity contribution in [2.75, 3.05) is 7.11 Å². The van der Waals surface area contributed by atoms with Crippen molar-refractivity contribution < 1.29 is 9.53 Å². The van der Waals surface area contributed by atoms with Crippen molar-refractivity contribution in [2.24, 2.45) is 4.99 Å². The fourth-order valence-electron chi connectivity index (χ4n) is 1.38. The van der Waals surface area contributed by atoms with E-state index in [-0.39, 0.29) is 11.9 Å². The molecule has 0 unspecified atom stereocenters. The van der Waals surface area contributed by atoms with E-state index in [1.807, 2.05) is 23.6 Å². The quantitative estimate of drug-likeness (QED) is 0.689. The Morgan fingerprint density at radius 2 is 2.37 bits per heavy atom. The standard InChI is InChI=1S/C13H13N3O2S/c1-18-13(15-9-10-4-2-6-14-8-10)16-12(17)11-5-3-7-19-11/h2-8H,9H2,1H3,(H,15,16,17). The fraction of sp³-hybridized carbons (Fsp3) is 0.154. The Morgan fingerprint density at radius 1 is 1.47 bits per heavy atom. The van der Waals surface area contributed by atoms with E-state index in [0.29, 0.717) is 11.4 Å². The van der Waals surface area contributed by atoms with Crippen LogP contribution in [0.3, 0.4) is 0 Å². The zero-order chi connectivity index (χ0) is 13.5. The summed E-state index contributed by atoms with van der Waals surface area (Å²) in [6.07, 6.45) is 3.42. The van der Waals surface area contributed by atoms with Gasteiger partial charge in [0.05, 0.1) is 18.5 Å². The van der Waals surface area contributed by atoms with E-state index < -0.39 is 0 Å². The highest BCUT2D eigenvalue weighted by Gasteiger charge is 2.09. The molecule has 2 rings (SSSR count). The van der Waals surface area contributed by atoms with Gasteiger partial charge < -0.3 is 4.74 Å². The summed E-state index contributed by atoms with van der Waals surface area (Å²) in [6, 6.07) is 7.50. The van der Waals surface area contributed by atoms with Gasteiger partial charge in [-0.1, -0.05) is 12.1 Å². The number of thiophene rings is 1. The molecule has 1 N–H and O–H groups in total. The first-order valence-corrected chi connectivity index (χ1v) is 6.50. The number of nitrogens with zero attached hydrogens (tertiary/aromatic N) is 2. The summed E-state index contributed by atoms with van der Waals surface area (Å²) >= 11 is 1.37. The highest BCUT2D eigenvalue weighted by atomic mass is 32.1. The van der Waals surface area contributed by atoms with Crippen LogP contribution in [0.1, 0.15) is 15.2 Å². The minimum absolute atomic E-state index is 0.197. The van der Waals surface area contributed by atoms with Gasteiger partial charge in [-0.25, -0.2) is 4.99 Å². The Bertz CT molecular complexity index is 553. The van der Waals surface area contributed by atoms with Crippen LogP contribution in [-0.4, -0.2) is 24.0 Å². The van der Waals surface area contributed by atoms with Crippen LogP contribution < -0.4 is 5.32 Å². The zero-order valence-corrected chi connectivity index (χ0v) is 11.2. The molecule has 2 aromatic rings. The number of rotatable bonds is 3. The highest BCUT2D eigenvalue weighted by Crippen LogP contribution is 2.07. The number of aromatic nitrogens is 1. The van der Waals surface area contributed by atoms with Gasteiger partial charge in [-0.3, -0.25) is 15.1 Å². The molecule has 6 heteroatoms. The molecule has 0 spiro atoms. The summed E-state index contributed by atoms with van der Waals surface area (Å²) in [5.41, 5.74) is 0.947. The van der Waals surface area contributed by atoms with Crippen LogP contribution in [0, 0.1) is 0 Å². The van der Waals surface area contributed by atoms with Gasteiger partial charge in [0.15, 0.2) is 0 Å². The van der Waals surface area contributed by atoms with Gasteiger partial charge in [-0.15, -0.1) is 11.3 Å². The second kappa shape index (κ2) is 6.65. The number of pyridine rings is 1. The molecule has 2 aromatic heterocycles. The summed E-state index contributed by atoms with van der Waals surface area (Å²) in [4.78, 5) is 20.6. The minimum Gasteiger partial charge on any atom is -0.468 e. The van der Waals surface area contributed by atoms with Crippen molar-refractivity contribution in [1.29, 1.82) is 0 Å². The van der Waals surface area contributed by atoms with E-state index in [9.17, 15) is 4.79 Å². The molecule has 0 aliphatic rings. The molecular weight excluding hydrogens is 262 g/mol. The van der Waals surface area contributed by atoms with Crippen molar-refractivity contribution in [3.63, 3.8) is 0 Å². The van der Waals surface area contributed by atoms with Crippen molar-refractivity contribution in [1.82, 2.24) is 10.3 Å². The first-order valence-electron chi connectivity index (χ1n) is 5.62. The molecule has 0 aliphatic carbocycles. The lowest BCUT2D eigenvalue weighted by Crippen LogP contribution is -2.31. The average molecular weight is 275 g/mol. The van der Waals surface area contributed by atoms with Crippen molar-refractivity contribution >= 4 is 23.3 Å². The Labute approximate surface area is 115 Å². The summed E-state index contributed by atoms with van der Waals surface area (Å²) in [7, 11) is 1.47. The Kier molecular flexibility index (Phi) is 4.63. The van der Waals surface area contributed by atoms with Crippen LogP contribution in [0.4, 0.5) is 0 Å². The zero-order valence-electron chi connectivity index (χ0n) is 10.4. The number of aliphatic imine (C=N–C) groups is 1. The maximum Gasteiger partial charge on any atom is 0.291 e. The van der Waals surface area contributed by atoms with Gasteiger partial charge in [-0.05, 0) is 23.1 Å². The van der Waals surface area contributed by atoms with Crippen LogP contribution in [0.2, 0.25) is 0 Å². The first kappa shape index (κ1) is 13.2. The van der Waals surface area contributed by atoms with Crippen LogP contribution in [0.5, 0.6) is 0 Å². The molecule has 5 nitrogen and oxygen atoms in total. The average Bonchev–Trinajstić information content (AvgIpc) is 2.98. The monoisotopic (exact) mass is 275 g/mol. The molecular formula is C13H13N3O2S. The van der Waals surface area contributed by atoms with E-state index in [2.05, 4.69) is 15.3 Å². The fourth-order valence-corrected chi connectivity index (χ4v) is 2.00. The lowest BCUT2D eigenvalue weighted by Gasteiger charge is -2.06. The van der Waals surface area contributed by atoms with Crippen LogP contribution in [-0.2, 0) is 11.3 Å². The number of amidine groups is 1. The van der Waals surface area contributed by atoms with E-state index in [1.54, 1.807) is 18.5 Å². The molecule has 2 heterocycles. The number of nitrogens with one attached hydrogen (secondary N) is 1. The van der Waals surface area contributed by atoms with Gasteiger partial charge >= 0.3 is 0 Å². The van der Waals surface area contributed by atoms with Gasteiger partial charge in [0.2, 0.25) is 0 Å². The summed E-state index contributed by atoms with van der Waals surface area (Å²) < 4.78 is 5.04. The molecule has 1 amide bonds. The Hall–Kier alpha value is -2.21. The number of hydrogen-bond donors (Lipinski definition) is 1. The number of hydrogen-bond acceptors (Lipinski definition) is 5. The molecule has 0 saturated carbocycles. The largest absolute Gasteiger partial charge is 0.468 e. The normalized spacial score (nSPS) is 11.1. The lowest BCUT2D eigenvalue weighted by atomic mass is 10.3. The van der Waals surface area contributed by atoms with Gasteiger partial charge in [0, 0.05) is 12.4 Å². The smallest absolute Gasteiger partial charge is 0.291 e. The van der Waals surface area contributed by atoms with E-state index >= 15 is 0 Å². The van der Waals surface area contributed by atoms with Crippen molar-refractivity contribution in [2.45, 2.75) is 6.54 Å². The third-order valence-corrected chi connectivity index (χ3v) is 3.16. The SMILES string of the molecule is COC(=NCc1cccnc1)NC(=O)c1cccs1. The van der Waals surface area contributed by atoms with Gasteiger partial charge in [0.25, 0.3) is 11.9 Å². The summed E-state index contributed by atoms with van der Waals surface area (Å²) in [6.45, 7) is 0.404. The number of carbonyl (C=O) groups is 1. The molecule has 0 atom stereocenters. The number of amides is 1. The summed E-state index contributed by atoms with van der Waals surface area (Å²) in [5, 5.41) is 4.46. The topological polar surface area (TPSA) is 63.6 Å². The molecule has 98 valence electrons. The second-order valence-corrected chi connectivity index (χ2v) is 4.57. The van der Waals surface area contributed by atoms with Gasteiger partial charge in [0.1, 0.15) is 0 Å². The van der Waals surface area contributed by atoms with Crippen molar-refractivity contribution in [3.8, 4) is 0 Å². The van der Waals surface area contributed by atoms with Crippen LogP contribution >= 0.6 is 11.3 Å². The second-order valence-electron chi connectivity index (χ2n) is 3.62. The number of methoxy groups -OCH3 is 1. The van der Waals surface area contributed by atoms with Crippen LogP contribution in [0.25, 0.3) is 0 Å². The highest BCUT2D eigenvalue weighted by molar-refractivity contribution is 7.12. The first-order chi connectivity index (χ1) is 9.29. The molecule has 0 radical (unpaired) electrons. The molecule has 0 fully saturated rings. The maximum atomic E-state index is 11.8. The maximum absolute atomic E-state index is 11.8. The van der Waals surface area contributed by atoms with E-state index in [1.165, 1.54) is 18.4 Å². The predicted octanol–water partition coefficient (Wildman–Crippen LogP) is 2.08. The number of ether oxygens (including phenoxy) is 1. The Morgan fingerprint density at radius 3 is 3.00 bits per heavy atom. The minimum atomic E-state index is -0.221. The molecule has 0 aliphatic heterocycles. The third-order valence-electron chi connectivity index (χ3n) is 2.29. The van der Waals surface area contributed by atoms with Crippen LogP contribution in [0.15, 0.2) is 47.0 Å². The molecule has 19 heavy (non-hydrogen) atoms. The van der Waals surface area contributed by atoms with Crippen molar-refractivity contribution in [3.05, 3.63) is 52.5 Å². The van der Waals surface area contributed by atoms with Gasteiger partial charge in [-0.2, -0.15) is 0 Å². The molecule has 0 aromatic carbocycles. The predicted molar refractivity (Wildman–Crippen MR) is 74.2 cm³/mol. The molecule has 0 bridgehead atoms. The van der Waals surface area contributed by atoms with E-state index in [4.69, 9.17) is 4.74 Å².